The van der Waals surface area contributed by atoms with Crippen molar-refractivity contribution in [2.75, 3.05) is 33.2 Å². The summed E-state index contributed by atoms with van der Waals surface area (Å²) in [6.07, 6.45) is 0.744. The van der Waals surface area contributed by atoms with Crippen LogP contribution in [0.15, 0.2) is 0 Å². The Morgan fingerprint density at radius 1 is 1.28 bits per heavy atom. The van der Waals surface area contributed by atoms with Crippen LogP contribution in [0.2, 0.25) is 0 Å². The Balaban J connectivity index is 0.00000289. The maximum atomic E-state index is 11.4. The number of imide groups is 1. The molecule has 6 heteroatoms. The Kier molecular flexibility index (Phi) is 6.81. The fraction of sp³-hybridized carbons (Fsp3) is 0.833. The predicted octanol–water partition coefficient (Wildman–Crippen LogP) is 0.474. The van der Waals surface area contributed by atoms with Gasteiger partial charge in [0.25, 0.3) is 0 Å². The first kappa shape index (κ1) is 17.4. The van der Waals surface area contributed by atoms with Crippen LogP contribution in [0, 0.1) is 5.41 Å². The van der Waals surface area contributed by atoms with E-state index in [4.69, 9.17) is 5.73 Å². The second-order valence-electron chi connectivity index (χ2n) is 5.55. The molecule has 0 atom stereocenters. The predicted molar refractivity (Wildman–Crippen MR) is 73.5 cm³/mol. The summed E-state index contributed by atoms with van der Waals surface area (Å²) in [5.41, 5.74) is 5.73. The van der Waals surface area contributed by atoms with E-state index in [1.807, 2.05) is 7.05 Å². The molecule has 0 aromatic rings. The minimum absolute atomic E-state index is 0. The van der Waals surface area contributed by atoms with Gasteiger partial charge in [-0.15, -0.1) is 12.4 Å². The number of carbonyl (C=O) groups excluding carboxylic acids is 2. The Hall–Kier alpha value is -0.650. The van der Waals surface area contributed by atoms with Crippen LogP contribution in [0.25, 0.3) is 0 Å². The highest BCUT2D eigenvalue weighted by molar-refractivity contribution is 6.01. The monoisotopic (exact) mass is 277 g/mol. The third-order valence-electron chi connectivity index (χ3n) is 3.11. The van der Waals surface area contributed by atoms with Gasteiger partial charge < -0.3 is 10.6 Å². The summed E-state index contributed by atoms with van der Waals surface area (Å²) < 4.78 is 0. The van der Waals surface area contributed by atoms with Gasteiger partial charge in [0.15, 0.2) is 0 Å². The first-order chi connectivity index (χ1) is 7.85. The summed E-state index contributed by atoms with van der Waals surface area (Å²) in [4.78, 5) is 26.3. The van der Waals surface area contributed by atoms with E-state index in [-0.39, 0.29) is 29.6 Å². The average Bonchev–Trinajstić information content (AvgIpc) is 2.55. The molecule has 2 N–H and O–H groups in total. The number of amides is 2. The molecule has 1 saturated heterocycles. The van der Waals surface area contributed by atoms with Gasteiger partial charge in [-0.2, -0.15) is 0 Å². The maximum absolute atomic E-state index is 11.4. The van der Waals surface area contributed by atoms with Gasteiger partial charge in [0, 0.05) is 32.5 Å². The van der Waals surface area contributed by atoms with E-state index in [1.165, 1.54) is 4.90 Å². The Bertz CT molecular complexity index is 292. The molecule has 0 aromatic heterocycles. The lowest BCUT2D eigenvalue weighted by atomic mass is 9.93. The Morgan fingerprint density at radius 2 is 1.78 bits per heavy atom. The molecule has 2 amide bonds. The molecule has 0 aliphatic carbocycles. The first-order valence-corrected chi connectivity index (χ1v) is 6.07. The molecular weight excluding hydrogens is 254 g/mol. The van der Waals surface area contributed by atoms with Gasteiger partial charge >= 0.3 is 0 Å². The highest BCUT2D eigenvalue weighted by Gasteiger charge is 2.28. The normalized spacial score (nSPS) is 16.4. The molecule has 1 heterocycles. The van der Waals surface area contributed by atoms with E-state index >= 15 is 0 Å². The molecule has 5 nitrogen and oxygen atoms in total. The molecule has 106 valence electrons. The van der Waals surface area contributed by atoms with Crippen LogP contribution in [0.4, 0.5) is 0 Å². The molecule has 0 unspecified atom stereocenters. The van der Waals surface area contributed by atoms with Gasteiger partial charge in [0.05, 0.1) is 0 Å². The van der Waals surface area contributed by atoms with Crippen LogP contribution < -0.4 is 5.73 Å². The van der Waals surface area contributed by atoms with E-state index in [9.17, 15) is 9.59 Å². The summed E-state index contributed by atoms with van der Waals surface area (Å²) in [5, 5.41) is 0. The summed E-state index contributed by atoms with van der Waals surface area (Å²) >= 11 is 0. The second-order valence-corrected chi connectivity index (χ2v) is 5.55. The van der Waals surface area contributed by atoms with Crippen LogP contribution in [-0.4, -0.2) is 54.8 Å². The van der Waals surface area contributed by atoms with Crippen molar-refractivity contribution in [3.8, 4) is 0 Å². The van der Waals surface area contributed by atoms with Crippen LogP contribution in [0.1, 0.15) is 26.7 Å². The number of rotatable bonds is 6. The molecule has 1 rings (SSSR count). The lowest BCUT2D eigenvalue weighted by molar-refractivity contribution is -0.138. The number of nitrogens with zero attached hydrogens (tertiary/aromatic N) is 2. The van der Waals surface area contributed by atoms with Gasteiger partial charge in [-0.3, -0.25) is 14.5 Å². The quantitative estimate of drug-likeness (QED) is 0.717. The minimum Gasteiger partial charge on any atom is -0.330 e. The van der Waals surface area contributed by atoms with Crippen molar-refractivity contribution in [3.05, 3.63) is 0 Å². The molecule has 1 aliphatic rings. The Labute approximate surface area is 115 Å². The average molecular weight is 278 g/mol. The number of likely N-dealkylation sites (tertiary alicyclic amines) is 1. The number of likely N-dealkylation sites (N-methyl/N-ethyl adjacent to an activating group) is 1. The first-order valence-electron chi connectivity index (χ1n) is 6.07. The third kappa shape index (κ3) is 4.92. The van der Waals surface area contributed by atoms with E-state index in [1.54, 1.807) is 0 Å². The van der Waals surface area contributed by atoms with Crippen molar-refractivity contribution in [2.45, 2.75) is 26.7 Å². The summed E-state index contributed by atoms with van der Waals surface area (Å²) in [7, 11) is 1.99. The molecule has 0 radical (unpaired) electrons. The molecule has 1 fully saturated rings. The van der Waals surface area contributed by atoms with Gasteiger partial charge in [-0.05, 0) is 19.0 Å². The summed E-state index contributed by atoms with van der Waals surface area (Å²) in [6, 6.07) is 0. The molecule has 18 heavy (non-hydrogen) atoms. The SMILES string of the molecule is CN(CCN1C(=O)CCC1=O)CC(C)(C)CN.Cl. The van der Waals surface area contributed by atoms with Crippen molar-refractivity contribution >= 4 is 24.2 Å². The summed E-state index contributed by atoms with van der Waals surface area (Å²) in [6.45, 7) is 6.90. The molecule has 0 bridgehead atoms. The fourth-order valence-corrected chi connectivity index (χ4v) is 2.02. The van der Waals surface area contributed by atoms with Crippen molar-refractivity contribution in [2.24, 2.45) is 11.1 Å². The van der Waals surface area contributed by atoms with Crippen molar-refractivity contribution in [1.82, 2.24) is 9.80 Å². The highest BCUT2D eigenvalue weighted by Crippen LogP contribution is 2.15. The van der Waals surface area contributed by atoms with Crippen molar-refractivity contribution < 1.29 is 9.59 Å². The van der Waals surface area contributed by atoms with Crippen LogP contribution in [0.5, 0.6) is 0 Å². The molecule has 0 saturated carbocycles. The van der Waals surface area contributed by atoms with Gasteiger partial charge in [-0.25, -0.2) is 0 Å². The zero-order valence-electron chi connectivity index (χ0n) is 11.4. The van der Waals surface area contributed by atoms with E-state index in [2.05, 4.69) is 18.7 Å². The molecule has 1 aliphatic heterocycles. The largest absolute Gasteiger partial charge is 0.330 e. The maximum Gasteiger partial charge on any atom is 0.229 e. The van der Waals surface area contributed by atoms with E-state index < -0.39 is 0 Å². The standard InChI is InChI=1S/C12H23N3O2.ClH/c1-12(2,8-13)9-14(3)6-7-15-10(16)4-5-11(15)17;/h4-9,13H2,1-3H3;1H. The number of hydrogen-bond donors (Lipinski definition) is 1. The van der Waals surface area contributed by atoms with E-state index in [0.29, 0.717) is 32.5 Å². The molecule has 0 aromatic carbocycles. The number of nitrogens with two attached hydrogens (primary N) is 1. The molecular formula is C12H24ClN3O2. The van der Waals surface area contributed by atoms with Gasteiger partial charge in [0.1, 0.15) is 0 Å². The lowest BCUT2D eigenvalue weighted by Crippen LogP contribution is -2.41. The highest BCUT2D eigenvalue weighted by atomic mass is 35.5. The summed E-state index contributed by atoms with van der Waals surface area (Å²) in [5.74, 6) is -0.0806. The van der Waals surface area contributed by atoms with Crippen LogP contribution in [-0.2, 0) is 9.59 Å². The number of carbonyl (C=O) groups is 2. The number of halogens is 1. The fourth-order valence-electron chi connectivity index (χ4n) is 2.02. The third-order valence-corrected chi connectivity index (χ3v) is 3.11. The zero-order valence-corrected chi connectivity index (χ0v) is 12.3. The van der Waals surface area contributed by atoms with Crippen molar-refractivity contribution in [3.63, 3.8) is 0 Å². The van der Waals surface area contributed by atoms with Crippen LogP contribution >= 0.6 is 12.4 Å². The Morgan fingerprint density at radius 3 is 2.22 bits per heavy atom. The van der Waals surface area contributed by atoms with Crippen molar-refractivity contribution in [1.29, 1.82) is 0 Å². The zero-order chi connectivity index (χ0) is 13.1. The van der Waals surface area contributed by atoms with Gasteiger partial charge in [0.2, 0.25) is 11.8 Å². The topological polar surface area (TPSA) is 66.6 Å². The molecule has 0 spiro atoms. The number of hydrogen-bond acceptors (Lipinski definition) is 4. The van der Waals surface area contributed by atoms with Crippen LogP contribution in [0.3, 0.4) is 0 Å². The minimum atomic E-state index is -0.0403. The smallest absolute Gasteiger partial charge is 0.229 e. The second kappa shape index (κ2) is 7.07. The van der Waals surface area contributed by atoms with E-state index in [0.717, 1.165) is 6.54 Å². The van der Waals surface area contributed by atoms with Gasteiger partial charge in [-0.1, -0.05) is 13.8 Å². The lowest BCUT2D eigenvalue weighted by Gasteiger charge is -2.29.